The molecule has 0 aromatic heterocycles. The Bertz CT molecular complexity index is 797. The minimum Gasteiger partial charge on any atom is -0.478 e. The van der Waals surface area contributed by atoms with Crippen molar-refractivity contribution in [2.45, 2.75) is 31.6 Å². The van der Waals surface area contributed by atoms with Crippen LogP contribution in [0.25, 0.3) is 11.1 Å². The lowest BCUT2D eigenvalue weighted by Crippen LogP contribution is -2.06. The molecule has 2 N–H and O–H groups in total. The third-order valence-electron chi connectivity index (χ3n) is 3.78. The van der Waals surface area contributed by atoms with Crippen molar-refractivity contribution in [1.82, 2.24) is 0 Å². The first-order chi connectivity index (χ1) is 12.1. The highest BCUT2D eigenvalue weighted by molar-refractivity contribution is 7.99. The Labute approximate surface area is 152 Å². The van der Waals surface area contributed by atoms with E-state index in [4.69, 9.17) is 0 Å². The number of thioether (sulfide) groups is 1. The zero-order valence-electron chi connectivity index (χ0n) is 14.5. The van der Waals surface area contributed by atoms with Crippen molar-refractivity contribution in [1.29, 1.82) is 5.26 Å². The van der Waals surface area contributed by atoms with E-state index in [-0.39, 0.29) is 5.56 Å². The fourth-order valence-electron chi connectivity index (χ4n) is 2.59. The summed E-state index contributed by atoms with van der Waals surface area (Å²) in [5.74, 6) is -0.101. The summed E-state index contributed by atoms with van der Waals surface area (Å²) >= 11 is 1.61. The van der Waals surface area contributed by atoms with E-state index in [9.17, 15) is 15.2 Å². The zero-order valence-corrected chi connectivity index (χ0v) is 15.3. The van der Waals surface area contributed by atoms with Gasteiger partial charge < -0.3 is 10.4 Å². The molecule has 0 bridgehead atoms. The van der Waals surface area contributed by atoms with Gasteiger partial charge in [-0.2, -0.15) is 5.26 Å². The molecule has 2 aromatic carbocycles. The van der Waals surface area contributed by atoms with Crippen molar-refractivity contribution in [3.63, 3.8) is 0 Å². The fraction of sp³-hybridized carbons (Fsp3) is 0.300. The lowest BCUT2D eigenvalue weighted by molar-refractivity contribution is 0.0696. The molecule has 0 aliphatic rings. The van der Waals surface area contributed by atoms with Crippen molar-refractivity contribution in [2.24, 2.45) is 0 Å². The number of anilines is 1. The molecule has 0 radical (unpaired) electrons. The standard InChI is InChI=1S/C20H22N2O2S/c1-3-5-9-22-17-11-16(20(23)24)12-18(25-4-2)19(17)15-8-6-7-14(10-15)13-21/h6-8,10-12,22H,3-5,9H2,1-2H3,(H,23,24). The molecule has 0 amide bonds. The Morgan fingerprint density at radius 2 is 2.08 bits per heavy atom. The van der Waals surface area contributed by atoms with Gasteiger partial charge in [0, 0.05) is 22.7 Å². The van der Waals surface area contributed by atoms with Crippen LogP contribution in [0, 0.1) is 11.3 Å². The molecular weight excluding hydrogens is 332 g/mol. The van der Waals surface area contributed by atoms with Crippen molar-refractivity contribution in [2.75, 3.05) is 17.6 Å². The first-order valence-electron chi connectivity index (χ1n) is 8.39. The van der Waals surface area contributed by atoms with Crippen molar-refractivity contribution in [3.05, 3.63) is 47.5 Å². The third-order valence-corrected chi connectivity index (χ3v) is 4.70. The van der Waals surface area contributed by atoms with Crippen LogP contribution in [0.15, 0.2) is 41.3 Å². The molecule has 4 nitrogen and oxygen atoms in total. The lowest BCUT2D eigenvalue weighted by atomic mass is 9.99. The number of carboxylic acid groups (broad SMARTS) is 1. The van der Waals surface area contributed by atoms with Crippen molar-refractivity contribution >= 4 is 23.4 Å². The van der Waals surface area contributed by atoms with Crippen LogP contribution in [-0.2, 0) is 0 Å². The van der Waals surface area contributed by atoms with Gasteiger partial charge in [-0.1, -0.05) is 32.4 Å². The van der Waals surface area contributed by atoms with E-state index in [0.717, 1.165) is 46.8 Å². The summed E-state index contributed by atoms with van der Waals surface area (Å²) in [6.45, 7) is 4.93. The highest BCUT2D eigenvalue weighted by Crippen LogP contribution is 2.39. The van der Waals surface area contributed by atoms with Gasteiger partial charge in [0.05, 0.1) is 17.2 Å². The summed E-state index contributed by atoms with van der Waals surface area (Å²) in [7, 11) is 0. The lowest BCUT2D eigenvalue weighted by Gasteiger charge is -2.17. The quantitative estimate of drug-likeness (QED) is 0.500. The van der Waals surface area contributed by atoms with Crippen LogP contribution < -0.4 is 5.32 Å². The summed E-state index contributed by atoms with van der Waals surface area (Å²) in [4.78, 5) is 12.4. The number of nitriles is 1. The van der Waals surface area contributed by atoms with Crippen LogP contribution in [-0.4, -0.2) is 23.4 Å². The molecule has 2 rings (SSSR count). The van der Waals surface area contributed by atoms with Crippen LogP contribution in [0.3, 0.4) is 0 Å². The number of nitrogens with one attached hydrogen (secondary N) is 1. The topological polar surface area (TPSA) is 73.1 Å². The molecular formula is C20H22N2O2S. The van der Waals surface area contributed by atoms with E-state index in [1.807, 2.05) is 25.1 Å². The molecule has 0 aliphatic heterocycles. The molecule has 2 aromatic rings. The maximum absolute atomic E-state index is 11.5. The van der Waals surface area contributed by atoms with Crippen LogP contribution in [0.2, 0.25) is 0 Å². The highest BCUT2D eigenvalue weighted by Gasteiger charge is 2.16. The Morgan fingerprint density at radius 1 is 1.28 bits per heavy atom. The Balaban J connectivity index is 2.63. The molecule has 0 unspecified atom stereocenters. The summed E-state index contributed by atoms with van der Waals surface area (Å²) < 4.78 is 0. The Morgan fingerprint density at radius 3 is 2.72 bits per heavy atom. The van der Waals surface area contributed by atoms with Gasteiger partial charge in [0.15, 0.2) is 0 Å². The van der Waals surface area contributed by atoms with Gasteiger partial charge in [0.25, 0.3) is 0 Å². The van der Waals surface area contributed by atoms with E-state index >= 15 is 0 Å². The monoisotopic (exact) mass is 354 g/mol. The Kier molecular flexibility index (Phi) is 6.91. The van der Waals surface area contributed by atoms with Gasteiger partial charge in [-0.25, -0.2) is 4.79 Å². The molecule has 25 heavy (non-hydrogen) atoms. The van der Waals surface area contributed by atoms with Gasteiger partial charge in [0.1, 0.15) is 0 Å². The van der Waals surface area contributed by atoms with Crippen LogP contribution in [0.5, 0.6) is 0 Å². The molecule has 130 valence electrons. The summed E-state index contributed by atoms with van der Waals surface area (Å²) in [6.07, 6.45) is 2.06. The highest BCUT2D eigenvalue weighted by atomic mass is 32.2. The number of hydrogen-bond acceptors (Lipinski definition) is 4. The number of hydrogen-bond donors (Lipinski definition) is 2. The van der Waals surface area contributed by atoms with Crippen LogP contribution in [0.1, 0.15) is 42.6 Å². The Hall–Kier alpha value is -2.45. The second-order valence-corrected chi connectivity index (χ2v) is 6.91. The summed E-state index contributed by atoms with van der Waals surface area (Å²) in [5, 5.41) is 22.0. The van der Waals surface area contributed by atoms with Gasteiger partial charge in [-0.15, -0.1) is 11.8 Å². The largest absolute Gasteiger partial charge is 0.478 e. The van der Waals surface area contributed by atoms with E-state index in [2.05, 4.69) is 18.3 Å². The molecule has 5 heteroatoms. The predicted molar refractivity (Wildman–Crippen MR) is 103 cm³/mol. The summed E-state index contributed by atoms with van der Waals surface area (Å²) in [6, 6.07) is 13.0. The first-order valence-corrected chi connectivity index (χ1v) is 9.37. The second-order valence-electron chi connectivity index (χ2n) is 5.61. The van der Waals surface area contributed by atoms with Gasteiger partial charge in [0.2, 0.25) is 0 Å². The molecule has 0 saturated heterocycles. The number of benzene rings is 2. The normalized spacial score (nSPS) is 10.3. The number of unbranched alkanes of at least 4 members (excludes halogenated alkanes) is 1. The van der Waals surface area contributed by atoms with E-state index in [1.54, 1.807) is 30.0 Å². The molecule has 0 saturated carbocycles. The van der Waals surface area contributed by atoms with Crippen molar-refractivity contribution in [3.8, 4) is 17.2 Å². The maximum atomic E-state index is 11.5. The van der Waals surface area contributed by atoms with E-state index < -0.39 is 5.97 Å². The van der Waals surface area contributed by atoms with Crippen LogP contribution >= 0.6 is 11.8 Å². The molecule has 0 aliphatic carbocycles. The van der Waals surface area contributed by atoms with Gasteiger partial charge in [-0.05, 0) is 42.0 Å². The SMILES string of the molecule is CCCCNc1cc(C(=O)O)cc(SCC)c1-c1cccc(C#N)c1. The van der Waals surface area contributed by atoms with E-state index in [1.165, 1.54) is 0 Å². The van der Waals surface area contributed by atoms with Gasteiger partial charge >= 0.3 is 5.97 Å². The summed E-state index contributed by atoms with van der Waals surface area (Å²) in [5.41, 5.74) is 3.55. The predicted octanol–water partition coefficient (Wildman–Crippen LogP) is 5.25. The number of nitrogens with zero attached hydrogens (tertiary/aromatic N) is 1. The van der Waals surface area contributed by atoms with E-state index in [0.29, 0.717) is 5.56 Å². The third kappa shape index (κ3) is 4.77. The fourth-order valence-corrected chi connectivity index (χ4v) is 3.48. The number of carboxylic acids is 1. The number of aromatic carboxylic acids is 1. The minimum atomic E-state index is -0.936. The molecule has 0 fully saturated rings. The van der Waals surface area contributed by atoms with Crippen molar-refractivity contribution < 1.29 is 9.90 Å². The zero-order chi connectivity index (χ0) is 18.2. The average Bonchev–Trinajstić information content (AvgIpc) is 2.62. The molecule has 0 heterocycles. The number of carbonyl (C=O) groups is 1. The smallest absolute Gasteiger partial charge is 0.335 e. The maximum Gasteiger partial charge on any atom is 0.335 e. The van der Waals surface area contributed by atoms with Crippen LogP contribution in [0.4, 0.5) is 5.69 Å². The average molecular weight is 354 g/mol. The minimum absolute atomic E-state index is 0.273. The first kappa shape index (κ1) is 18.9. The molecule has 0 atom stereocenters. The number of rotatable bonds is 8. The second kappa shape index (κ2) is 9.14. The van der Waals surface area contributed by atoms with Gasteiger partial charge in [-0.3, -0.25) is 0 Å². The molecule has 0 spiro atoms.